The molecule has 156 valence electrons. The first kappa shape index (κ1) is 23.4. The summed E-state index contributed by atoms with van der Waals surface area (Å²) in [7, 11) is 1.58. The predicted molar refractivity (Wildman–Crippen MR) is 119 cm³/mol. The summed E-state index contributed by atoms with van der Waals surface area (Å²) >= 11 is 12.0. The largest absolute Gasteiger partial charge is 0.433 e. The van der Waals surface area contributed by atoms with E-state index in [4.69, 9.17) is 23.2 Å². The number of fused-ring (bicyclic) bond motifs is 1. The van der Waals surface area contributed by atoms with Gasteiger partial charge in [0.1, 0.15) is 5.75 Å². The van der Waals surface area contributed by atoms with Gasteiger partial charge in [-0.05, 0) is 24.3 Å². The van der Waals surface area contributed by atoms with Crippen molar-refractivity contribution in [3.8, 4) is 5.75 Å². The van der Waals surface area contributed by atoms with Crippen LogP contribution in [0, 0.1) is 0 Å². The molecule has 0 atom stereocenters. The number of nitrogens with zero attached hydrogens (tertiary/aromatic N) is 4. The van der Waals surface area contributed by atoms with Crippen LogP contribution in [0.15, 0.2) is 41.5 Å². The smallest absolute Gasteiger partial charge is 0.387 e. The van der Waals surface area contributed by atoms with Gasteiger partial charge in [-0.15, -0.1) is 34.2 Å². The van der Waals surface area contributed by atoms with Gasteiger partial charge in [-0.1, -0.05) is 29.3 Å². The highest BCUT2D eigenvalue weighted by molar-refractivity contribution is 14.0. The standard InChI is InChI=1S/C17H16Cl2F2N6O.HI/c1-22-17(24-9-14-26-25-13-4-2-3-5-27(13)14)23-8-10-6-11(18)7-12(19)15(10)28-16(20)21;/h2-7,16H,8-9H2,1H3,(H2,22,23,24);1H. The fourth-order valence-electron chi connectivity index (χ4n) is 2.54. The predicted octanol–water partition coefficient (Wildman–Crippen LogP) is 4.12. The van der Waals surface area contributed by atoms with Gasteiger partial charge in [0.2, 0.25) is 0 Å². The van der Waals surface area contributed by atoms with Crippen molar-refractivity contribution in [3.63, 3.8) is 0 Å². The minimum Gasteiger partial charge on any atom is -0.433 e. The van der Waals surface area contributed by atoms with E-state index >= 15 is 0 Å². The molecule has 0 saturated heterocycles. The first-order chi connectivity index (χ1) is 13.5. The zero-order chi connectivity index (χ0) is 20.1. The first-order valence-corrected chi connectivity index (χ1v) is 8.89. The van der Waals surface area contributed by atoms with Gasteiger partial charge in [0, 0.05) is 30.4 Å². The molecule has 0 aliphatic heterocycles. The zero-order valence-corrected chi connectivity index (χ0v) is 18.9. The molecule has 29 heavy (non-hydrogen) atoms. The van der Waals surface area contributed by atoms with Crippen molar-refractivity contribution in [2.45, 2.75) is 19.7 Å². The monoisotopic (exact) mass is 556 g/mol. The molecule has 0 unspecified atom stereocenters. The summed E-state index contributed by atoms with van der Waals surface area (Å²) in [5, 5.41) is 14.6. The van der Waals surface area contributed by atoms with E-state index in [-0.39, 0.29) is 41.3 Å². The van der Waals surface area contributed by atoms with Crippen LogP contribution in [0.25, 0.3) is 5.65 Å². The van der Waals surface area contributed by atoms with Gasteiger partial charge >= 0.3 is 6.61 Å². The van der Waals surface area contributed by atoms with E-state index in [0.717, 1.165) is 5.65 Å². The van der Waals surface area contributed by atoms with Gasteiger partial charge in [0.05, 0.1) is 11.6 Å². The van der Waals surface area contributed by atoms with Crippen LogP contribution in [0.4, 0.5) is 8.78 Å². The summed E-state index contributed by atoms with van der Waals surface area (Å²) in [4.78, 5) is 4.10. The minimum absolute atomic E-state index is 0. The number of halogens is 5. The van der Waals surface area contributed by atoms with Crippen molar-refractivity contribution in [1.82, 2.24) is 25.2 Å². The molecule has 0 amide bonds. The number of ether oxygens (including phenoxy) is 1. The fraction of sp³-hybridized carbons (Fsp3) is 0.235. The molecular weight excluding hydrogens is 540 g/mol. The number of benzene rings is 1. The van der Waals surface area contributed by atoms with Gasteiger partial charge in [-0.25, -0.2) is 0 Å². The molecule has 1 aromatic carbocycles. The molecule has 3 rings (SSSR count). The second kappa shape index (κ2) is 10.7. The van der Waals surface area contributed by atoms with Gasteiger partial charge in [0.25, 0.3) is 0 Å². The van der Waals surface area contributed by atoms with Crippen molar-refractivity contribution in [1.29, 1.82) is 0 Å². The molecule has 0 radical (unpaired) electrons. The second-order valence-electron chi connectivity index (χ2n) is 5.58. The molecule has 3 aromatic rings. The van der Waals surface area contributed by atoms with E-state index in [0.29, 0.717) is 28.9 Å². The number of pyridine rings is 1. The van der Waals surface area contributed by atoms with Crippen molar-refractivity contribution in [2.75, 3.05) is 7.05 Å². The van der Waals surface area contributed by atoms with Crippen molar-refractivity contribution < 1.29 is 13.5 Å². The maximum absolute atomic E-state index is 12.7. The molecule has 2 heterocycles. The Kier molecular flexibility index (Phi) is 8.65. The Bertz CT molecular complexity index is 1000. The van der Waals surface area contributed by atoms with Crippen molar-refractivity contribution in [3.05, 3.63) is 58.0 Å². The molecule has 0 saturated carbocycles. The highest BCUT2D eigenvalue weighted by atomic mass is 127. The van der Waals surface area contributed by atoms with Gasteiger partial charge in [-0.3, -0.25) is 9.39 Å². The maximum atomic E-state index is 12.7. The highest BCUT2D eigenvalue weighted by Crippen LogP contribution is 2.33. The molecule has 2 N–H and O–H groups in total. The van der Waals surface area contributed by atoms with Crippen LogP contribution in [0.3, 0.4) is 0 Å². The lowest BCUT2D eigenvalue weighted by Gasteiger charge is -2.15. The average Bonchev–Trinajstić information content (AvgIpc) is 3.07. The van der Waals surface area contributed by atoms with Crippen LogP contribution in [-0.4, -0.2) is 34.2 Å². The first-order valence-electron chi connectivity index (χ1n) is 8.14. The van der Waals surface area contributed by atoms with Gasteiger partial charge in [0.15, 0.2) is 17.4 Å². The number of guanidine groups is 1. The number of hydrogen-bond acceptors (Lipinski definition) is 4. The highest BCUT2D eigenvalue weighted by Gasteiger charge is 2.16. The number of aromatic nitrogens is 3. The van der Waals surface area contributed by atoms with Crippen molar-refractivity contribution >= 4 is 58.8 Å². The van der Waals surface area contributed by atoms with Gasteiger partial charge in [-0.2, -0.15) is 8.78 Å². The molecular formula is C17H17Cl2F2IN6O. The lowest BCUT2D eigenvalue weighted by molar-refractivity contribution is -0.0504. The van der Waals surface area contributed by atoms with E-state index < -0.39 is 6.61 Å². The Hall–Kier alpha value is -1.92. The van der Waals surface area contributed by atoms with E-state index in [1.54, 1.807) is 7.05 Å². The molecule has 12 heteroatoms. The van der Waals surface area contributed by atoms with Crippen LogP contribution in [-0.2, 0) is 13.1 Å². The number of aliphatic imine (C=N–C) groups is 1. The topological polar surface area (TPSA) is 75.8 Å². The Morgan fingerprint density at radius 3 is 2.69 bits per heavy atom. The SMILES string of the molecule is CN=C(NCc1cc(Cl)cc(Cl)c1OC(F)F)NCc1nnc2ccccn12.I. The summed E-state index contributed by atoms with van der Waals surface area (Å²) in [5.74, 6) is 0.977. The van der Waals surface area contributed by atoms with E-state index in [9.17, 15) is 8.78 Å². The Morgan fingerprint density at radius 2 is 1.97 bits per heavy atom. The molecule has 0 aliphatic rings. The quantitative estimate of drug-likeness (QED) is 0.271. The fourth-order valence-corrected chi connectivity index (χ4v) is 3.12. The molecule has 0 bridgehead atoms. The average molecular weight is 557 g/mol. The number of nitrogens with one attached hydrogen (secondary N) is 2. The summed E-state index contributed by atoms with van der Waals surface area (Å²) in [6.45, 7) is -2.54. The Balaban J connectivity index is 0.00000300. The normalized spacial score (nSPS) is 11.4. The molecule has 0 spiro atoms. The third-order valence-electron chi connectivity index (χ3n) is 3.76. The van der Waals surface area contributed by atoms with Crippen molar-refractivity contribution in [2.24, 2.45) is 4.99 Å². The van der Waals surface area contributed by atoms with Crippen LogP contribution in [0.1, 0.15) is 11.4 Å². The number of rotatable bonds is 6. The summed E-state index contributed by atoms with van der Waals surface area (Å²) < 4.78 is 31.7. The second-order valence-corrected chi connectivity index (χ2v) is 6.42. The van der Waals surface area contributed by atoms with E-state index in [1.165, 1.54) is 12.1 Å². The summed E-state index contributed by atoms with van der Waals surface area (Å²) in [6, 6.07) is 8.43. The lowest BCUT2D eigenvalue weighted by atomic mass is 10.2. The molecule has 2 aromatic heterocycles. The number of alkyl halides is 2. The third-order valence-corrected chi connectivity index (χ3v) is 4.26. The maximum Gasteiger partial charge on any atom is 0.387 e. The van der Waals surface area contributed by atoms with Crippen LogP contribution >= 0.6 is 47.2 Å². The molecule has 0 aliphatic carbocycles. The van der Waals surface area contributed by atoms with E-state index in [2.05, 4.69) is 30.6 Å². The minimum atomic E-state index is -3.00. The van der Waals surface area contributed by atoms with Crippen LogP contribution in [0.2, 0.25) is 10.0 Å². The Labute approximate surface area is 192 Å². The molecule has 0 fully saturated rings. The van der Waals surface area contributed by atoms with E-state index in [1.807, 2.05) is 28.8 Å². The summed E-state index contributed by atoms with van der Waals surface area (Å²) in [6.07, 6.45) is 1.85. The Morgan fingerprint density at radius 1 is 1.21 bits per heavy atom. The summed E-state index contributed by atoms with van der Waals surface area (Å²) in [5.41, 5.74) is 1.10. The van der Waals surface area contributed by atoms with Gasteiger partial charge < -0.3 is 15.4 Å². The number of hydrogen-bond donors (Lipinski definition) is 2. The molecule has 7 nitrogen and oxygen atoms in total. The van der Waals surface area contributed by atoms with Crippen LogP contribution < -0.4 is 15.4 Å². The van der Waals surface area contributed by atoms with Crippen LogP contribution in [0.5, 0.6) is 5.75 Å². The lowest BCUT2D eigenvalue weighted by Crippen LogP contribution is -2.36. The third kappa shape index (κ3) is 6.03. The zero-order valence-electron chi connectivity index (χ0n) is 15.1.